The number of benzene rings is 1. The second-order valence-corrected chi connectivity index (χ2v) is 5.00. The molecule has 2 heterocycles. The molecule has 4 heteroatoms. The second-order valence-electron chi connectivity index (χ2n) is 4.05. The van der Waals surface area contributed by atoms with Crippen LogP contribution in [0.2, 0.25) is 0 Å². The minimum Gasteiger partial charge on any atom is -0.325 e. The van der Waals surface area contributed by atoms with Gasteiger partial charge in [-0.15, -0.1) is 11.3 Å². The average Bonchev–Trinajstić information content (AvgIpc) is 2.77. The molecule has 0 aliphatic carbocycles. The van der Waals surface area contributed by atoms with Crippen molar-refractivity contribution in [2.24, 2.45) is 0 Å². The molecule has 86 valence electrons. The molecule has 0 saturated heterocycles. The Morgan fingerprint density at radius 2 is 2.00 bits per heavy atom. The fraction of sp³-hybridized carbons (Fsp3) is 0.154. The van der Waals surface area contributed by atoms with E-state index in [-0.39, 0.29) is 17.6 Å². The van der Waals surface area contributed by atoms with Crippen LogP contribution in [0.5, 0.6) is 0 Å². The van der Waals surface area contributed by atoms with Crippen molar-refractivity contribution in [2.45, 2.75) is 12.3 Å². The van der Waals surface area contributed by atoms with Crippen molar-refractivity contribution >= 4 is 22.9 Å². The summed E-state index contributed by atoms with van der Waals surface area (Å²) < 4.78 is 12.9. The topological polar surface area (TPSA) is 29.1 Å². The Morgan fingerprint density at radius 1 is 1.24 bits per heavy atom. The Morgan fingerprint density at radius 3 is 2.76 bits per heavy atom. The normalized spacial score (nSPS) is 18.6. The Hall–Kier alpha value is -1.68. The molecular formula is C13H10FNOS. The summed E-state index contributed by atoms with van der Waals surface area (Å²) in [7, 11) is 0. The van der Waals surface area contributed by atoms with E-state index in [9.17, 15) is 9.18 Å². The number of thiophene rings is 1. The van der Waals surface area contributed by atoms with Crippen LogP contribution in [0.4, 0.5) is 10.1 Å². The van der Waals surface area contributed by atoms with E-state index in [4.69, 9.17) is 0 Å². The van der Waals surface area contributed by atoms with Gasteiger partial charge < -0.3 is 5.32 Å². The van der Waals surface area contributed by atoms with Crippen molar-refractivity contribution in [3.8, 4) is 0 Å². The smallest absolute Gasteiger partial charge is 0.225 e. The highest BCUT2D eigenvalue weighted by molar-refractivity contribution is 7.10. The van der Waals surface area contributed by atoms with Gasteiger partial charge in [0.2, 0.25) is 5.91 Å². The SMILES string of the molecule is O=C1C[C@H](c2ccc(F)cc2)c2sccc2N1. The van der Waals surface area contributed by atoms with Crippen LogP contribution in [0.15, 0.2) is 35.7 Å². The average molecular weight is 247 g/mol. The lowest BCUT2D eigenvalue weighted by Crippen LogP contribution is -2.21. The number of amides is 1. The van der Waals surface area contributed by atoms with E-state index < -0.39 is 0 Å². The maximum Gasteiger partial charge on any atom is 0.225 e. The molecular weight excluding hydrogens is 237 g/mol. The van der Waals surface area contributed by atoms with Crippen molar-refractivity contribution in [2.75, 3.05) is 5.32 Å². The van der Waals surface area contributed by atoms with Crippen LogP contribution in [0.3, 0.4) is 0 Å². The van der Waals surface area contributed by atoms with E-state index in [0.29, 0.717) is 6.42 Å². The number of rotatable bonds is 1. The van der Waals surface area contributed by atoms with Crippen LogP contribution >= 0.6 is 11.3 Å². The van der Waals surface area contributed by atoms with Crippen LogP contribution < -0.4 is 5.32 Å². The van der Waals surface area contributed by atoms with E-state index in [1.165, 1.54) is 12.1 Å². The lowest BCUT2D eigenvalue weighted by Gasteiger charge is -2.22. The summed E-state index contributed by atoms with van der Waals surface area (Å²) in [6, 6.07) is 8.29. The van der Waals surface area contributed by atoms with E-state index >= 15 is 0 Å². The summed E-state index contributed by atoms with van der Waals surface area (Å²) in [6.45, 7) is 0. The molecule has 1 aromatic carbocycles. The molecule has 1 atom stereocenters. The predicted molar refractivity (Wildman–Crippen MR) is 65.8 cm³/mol. The Bertz CT molecular complexity index is 561. The third-order valence-electron chi connectivity index (χ3n) is 2.95. The zero-order chi connectivity index (χ0) is 11.8. The maximum atomic E-state index is 12.9. The molecule has 1 amide bonds. The number of fused-ring (bicyclic) bond motifs is 1. The van der Waals surface area contributed by atoms with E-state index in [2.05, 4.69) is 5.32 Å². The lowest BCUT2D eigenvalue weighted by atomic mass is 9.91. The van der Waals surface area contributed by atoms with Crippen molar-refractivity contribution in [1.29, 1.82) is 0 Å². The number of halogens is 1. The number of nitrogens with one attached hydrogen (secondary N) is 1. The molecule has 2 nitrogen and oxygen atoms in total. The first-order valence-corrected chi connectivity index (χ1v) is 6.25. The van der Waals surface area contributed by atoms with Crippen molar-refractivity contribution in [3.63, 3.8) is 0 Å². The summed E-state index contributed by atoms with van der Waals surface area (Å²) in [5.41, 5.74) is 1.88. The first-order valence-electron chi connectivity index (χ1n) is 5.37. The molecule has 1 aromatic heterocycles. The molecule has 2 aromatic rings. The van der Waals surface area contributed by atoms with Gasteiger partial charge in [-0.25, -0.2) is 4.39 Å². The molecule has 0 unspecified atom stereocenters. The quantitative estimate of drug-likeness (QED) is 0.822. The standard InChI is InChI=1S/C13H10FNOS/c14-9-3-1-8(2-4-9)10-7-12(16)15-11-5-6-17-13(10)11/h1-6,10H,7H2,(H,15,16)/t10-/m1/s1. The van der Waals surface area contributed by atoms with Crippen molar-refractivity contribution < 1.29 is 9.18 Å². The van der Waals surface area contributed by atoms with E-state index in [1.54, 1.807) is 23.5 Å². The first kappa shape index (κ1) is 10.5. The molecule has 17 heavy (non-hydrogen) atoms. The highest BCUT2D eigenvalue weighted by Crippen LogP contribution is 2.40. The van der Waals surface area contributed by atoms with Gasteiger partial charge in [0.05, 0.1) is 5.69 Å². The molecule has 0 spiro atoms. The molecule has 0 fully saturated rings. The van der Waals surface area contributed by atoms with Gasteiger partial charge >= 0.3 is 0 Å². The van der Waals surface area contributed by atoms with Gasteiger partial charge in [0.25, 0.3) is 0 Å². The van der Waals surface area contributed by atoms with Gasteiger partial charge in [0, 0.05) is 17.2 Å². The van der Waals surface area contributed by atoms with Gasteiger partial charge in [-0.05, 0) is 29.1 Å². The van der Waals surface area contributed by atoms with Gasteiger partial charge in [0.15, 0.2) is 0 Å². The fourth-order valence-corrected chi connectivity index (χ4v) is 3.12. The highest BCUT2D eigenvalue weighted by atomic mass is 32.1. The minimum atomic E-state index is -0.250. The zero-order valence-corrected chi connectivity index (χ0v) is 9.76. The lowest BCUT2D eigenvalue weighted by molar-refractivity contribution is -0.116. The highest BCUT2D eigenvalue weighted by Gasteiger charge is 2.27. The molecule has 1 N–H and O–H groups in total. The second kappa shape index (κ2) is 3.96. The molecule has 1 aliphatic heterocycles. The molecule has 0 radical (unpaired) electrons. The monoisotopic (exact) mass is 247 g/mol. The van der Waals surface area contributed by atoms with Gasteiger partial charge in [0.1, 0.15) is 5.82 Å². The van der Waals surface area contributed by atoms with Crippen LogP contribution in [0.1, 0.15) is 22.8 Å². The number of carbonyl (C=O) groups is 1. The third kappa shape index (κ3) is 1.85. The fourth-order valence-electron chi connectivity index (χ4n) is 2.14. The summed E-state index contributed by atoms with van der Waals surface area (Å²) in [4.78, 5) is 12.7. The van der Waals surface area contributed by atoms with Crippen LogP contribution in [-0.4, -0.2) is 5.91 Å². The zero-order valence-electron chi connectivity index (χ0n) is 8.94. The first-order chi connectivity index (χ1) is 8.24. The van der Waals surface area contributed by atoms with E-state index in [0.717, 1.165) is 16.1 Å². The summed E-state index contributed by atoms with van der Waals surface area (Å²) >= 11 is 1.63. The molecule has 0 saturated carbocycles. The molecule has 3 rings (SSSR count). The van der Waals surface area contributed by atoms with Gasteiger partial charge in [-0.3, -0.25) is 4.79 Å². The minimum absolute atomic E-state index is 0.0187. The number of hydrogen-bond donors (Lipinski definition) is 1. The van der Waals surface area contributed by atoms with E-state index in [1.807, 2.05) is 11.4 Å². The summed E-state index contributed by atoms with van der Waals surface area (Å²) in [5.74, 6) is -0.176. The Balaban J connectivity index is 2.04. The predicted octanol–water partition coefficient (Wildman–Crippen LogP) is 3.36. The maximum absolute atomic E-state index is 12.9. The Labute approximate surface area is 102 Å². The largest absolute Gasteiger partial charge is 0.325 e. The van der Waals surface area contributed by atoms with Crippen LogP contribution in [0.25, 0.3) is 0 Å². The summed E-state index contributed by atoms with van der Waals surface area (Å²) in [5, 5.41) is 4.81. The van der Waals surface area contributed by atoms with Crippen molar-refractivity contribution in [1.82, 2.24) is 0 Å². The van der Waals surface area contributed by atoms with Gasteiger partial charge in [-0.2, -0.15) is 0 Å². The van der Waals surface area contributed by atoms with Crippen molar-refractivity contribution in [3.05, 3.63) is 52.0 Å². The Kier molecular flexibility index (Phi) is 2.44. The molecule has 1 aliphatic rings. The van der Waals surface area contributed by atoms with Crippen LogP contribution in [-0.2, 0) is 4.79 Å². The molecule has 0 bridgehead atoms. The number of anilines is 1. The number of hydrogen-bond acceptors (Lipinski definition) is 2. The third-order valence-corrected chi connectivity index (χ3v) is 3.98. The number of carbonyl (C=O) groups excluding carboxylic acids is 1. The van der Waals surface area contributed by atoms with Crippen LogP contribution in [0, 0.1) is 5.82 Å². The summed E-state index contributed by atoms with van der Waals surface area (Å²) in [6.07, 6.45) is 0.430. The van der Waals surface area contributed by atoms with Gasteiger partial charge in [-0.1, -0.05) is 12.1 Å².